The lowest BCUT2D eigenvalue weighted by molar-refractivity contribution is -0.151. The summed E-state index contributed by atoms with van der Waals surface area (Å²) in [5.41, 5.74) is 1.14. The molecule has 2 rings (SSSR count). The highest BCUT2D eigenvalue weighted by Crippen LogP contribution is 2.15. The normalized spacial score (nSPS) is 11.7. The standard InChI is InChI=1S/C22H20O7/c1-2-12-28-20(22(26)27)14-29-18-9-7-16(8-10-18)19(23)11-6-15-4-3-5-17(13-15)21(24)25/h2-11,13,20H,1,12,14H2,(H,24,25)(H,26,27)/b11-6+. The molecular weight excluding hydrogens is 376 g/mol. The van der Waals surface area contributed by atoms with Crippen LogP contribution in [0.4, 0.5) is 0 Å². The predicted octanol–water partition coefficient (Wildman–Crippen LogP) is 3.32. The molecule has 0 saturated heterocycles. The number of ether oxygens (including phenoxy) is 2. The topological polar surface area (TPSA) is 110 Å². The van der Waals surface area contributed by atoms with Gasteiger partial charge >= 0.3 is 11.9 Å². The van der Waals surface area contributed by atoms with E-state index in [1.165, 1.54) is 30.4 Å². The molecule has 2 N–H and O–H groups in total. The number of aromatic carboxylic acids is 1. The number of carbonyl (C=O) groups excluding carboxylic acids is 1. The SMILES string of the molecule is C=CCOC(COc1ccc(C(=O)/C=C/c2cccc(C(=O)O)c2)cc1)C(=O)O. The Kier molecular flexibility index (Phi) is 7.88. The second-order valence-electron chi connectivity index (χ2n) is 5.91. The third kappa shape index (κ3) is 6.75. The third-order valence-electron chi connectivity index (χ3n) is 3.79. The molecule has 0 aliphatic rings. The zero-order chi connectivity index (χ0) is 21.2. The van der Waals surface area contributed by atoms with Gasteiger partial charge < -0.3 is 19.7 Å². The first-order chi connectivity index (χ1) is 13.9. The number of hydrogen-bond donors (Lipinski definition) is 2. The second-order valence-corrected chi connectivity index (χ2v) is 5.91. The van der Waals surface area contributed by atoms with Crippen LogP contribution in [0.5, 0.6) is 5.75 Å². The van der Waals surface area contributed by atoms with Gasteiger partial charge in [0.1, 0.15) is 12.4 Å². The predicted molar refractivity (Wildman–Crippen MR) is 106 cm³/mol. The number of rotatable bonds is 11. The number of carboxylic acid groups (broad SMARTS) is 2. The Bertz CT molecular complexity index is 913. The Hall–Kier alpha value is -3.71. The van der Waals surface area contributed by atoms with E-state index in [1.54, 1.807) is 36.4 Å². The summed E-state index contributed by atoms with van der Waals surface area (Å²) in [6.07, 6.45) is 3.20. The summed E-state index contributed by atoms with van der Waals surface area (Å²) in [6.45, 7) is 3.37. The molecule has 7 nitrogen and oxygen atoms in total. The summed E-state index contributed by atoms with van der Waals surface area (Å²) in [4.78, 5) is 34.3. The van der Waals surface area contributed by atoms with Crippen molar-refractivity contribution in [1.82, 2.24) is 0 Å². The van der Waals surface area contributed by atoms with Gasteiger partial charge in [-0.25, -0.2) is 9.59 Å². The number of carbonyl (C=O) groups is 3. The summed E-state index contributed by atoms with van der Waals surface area (Å²) in [6, 6.07) is 12.4. The maximum absolute atomic E-state index is 12.3. The maximum Gasteiger partial charge on any atom is 0.336 e. The van der Waals surface area contributed by atoms with E-state index in [-0.39, 0.29) is 24.6 Å². The zero-order valence-corrected chi connectivity index (χ0v) is 15.5. The van der Waals surface area contributed by atoms with Crippen LogP contribution in [0.1, 0.15) is 26.3 Å². The Morgan fingerprint density at radius 2 is 1.76 bits per heavy atom. The van der Waals surface area contributed by atoms with Crippen LogP contribution in [0, 0.1) is 0 Å². The largest absolute Gasteiger partial charge is 0.490 e. The van der Waals surface area contributed by atoms with Crippen LogP contribution in [0.25, 0.3) is 6.08 Å². The van der Waals surface area contributed by atoms with Crippen LogP contribution in [-0.2, 0) is 9.53 Å². The molecule has 0 aromatic heterocycles. The van der Waals surface area contributed by atoms with Gasteiger partial charge in [0.25, 0.3) is 0 Å². The number of hydrogen-bond acceptors (Lipinski definition) is 5. The van der Waals surface area contributed by atoms with Gasteiger partial charge in [0.15, 0.2) is 11.9 Å². The highest BCUT2D eigenvalue weighted by molar-refractivity contribution is 6.07. The van der Waals surface area contributed by atoms with E-state index >= 15 is 0 Å². The minimum Gasteiger partial charge on any atom is -0.490 e. The fraction of sp³-hybridized carbons (Fsp3) is 0.136. The lowest BCUT2D eigenvalue weighted by Crippen LogP contribution is -2.30. The Labute approximate surface area is 167 Å². The highest BCUT2D eigenvalue weighted by Gasteiger charge is 2.18. The molecule has 2 aromatic carbocycles. The molecule has 0 aliphatic heterocycles. The first-order valence-corrected chi connectivity index (χ1v) is 8.64. The molecule has 0 bridgehead atoms. The van der Waals surface area contributed by atoms with Gasteiger partial charge in [-0.05, 0) is 48.0 Å². The Morgan fingerprint density at radius 3 is 2.38 bits per heavy atom. The number of aliphatic carboxylic acids is 1. The fourth-order valence-corrected chi connectivity index (χ4v) is 2.31. The lowest BCUT2D eigenvalue weighted by Gasteiger charge is -2.13. The molecule has 0 saturated carbocycles. The van der Waals surface area contributed by atoms with Crippen molar-refractivity contribution >= 4 is 23.8 Å². The molecule has 1 unspecified atom stereocenters. The molecule has 0 radical (unpaired) electrons. The molecule has 0 fully saturated rings. The zero-order valence-electron chi connectivity index (χ0n) is 15.5. The summed E-state index contributed by atoms with van der Waals surface area (Å²) in [5, 5.41) is 18.1. The van der Waals surface area contributed by atoms with Gasteiger partial charge in [-0.2, -0.15) is 0 Å². The minimum atomic E-state index is -1.14. The molecular formula is C22H20O7. The Morgan fingerprint density at radius 1 is 1.03 bits per heavy atom. The monoisotopic (exact) mass is 396 g/mol. The Balaban J connectivity index is 1.97. The van der Waals surface area contributed by atoms with Crippen LogP contribution in [0.3, 0.4) is 0 Å². The van der Waals surface area contributed by atoms with Crippen LogP contribution in [0.15, 0.2) is 67.3 Å². The van der Waals surface area contributed by atoms with Gasteiger partial charge in [-0.3, -0.25) is 4.79 Å². The summed E-state index contributed by atoms with van der Waals surface area (Å²) in [7, 11) is 0. The molecule has 29 heavy (non-hydrogen) atoms. The third-order valence-corrected chi connectivity index (χ3v) is 3.79. The summed E-state index contributed by atoms with van der Waals surface area (Å²) in [5.74, 6) is -2.05. The van der Waals surface area contributed by atoms with Crippen LogP contribution in [-0.4, -0.2) is 47.3 Å². The van der Waals surface area contributed by atoms with Crippen molar-refractivity contribution in [3.63, 3.8) is 0 Å². The van der Waals surface area contributed by atoms with Crippen molar-refractivity contribution in [1.29, 1.82) is 0 Å². The van der Waals surface area contributed by atoms with E-state index in [2.05, 4.69) is 6.58 Å². The van der Waals surface area contributed by atoms with Gasteiger partial charge in [-0.1, -0.05) is 24.3 Å². The van der Waals surface area contributed by atoms with Crippen molar-refractivity contribution in [3.8, 4) is 5.75 Å². The molecule has 0 heterocycles. The molecule has 150 valence electrons. The molecule has 0 spiro atoms. The maximum atomic E-state index is 12.3. The van der Waals surface area contributed by atoms with Gasteiger partial charge in [0.2, 0.25) is 0 Å². The molecule has 0 amide bonds. The summed E-state index contributed by atoms with van der Waals surface area (Å²) >= 11 is 0. The van der Waals surface area contributed by atoms with Crippen LogP contribution in [0.2, 0.25) is 0 Å². The van der Waals surface area contributed by atoms with E-state index in [1.807, 2.05) is 0 Å². The average molecular weight is 396 g/mol. The molecule has 7 heteroatoms. The second kappa shape index (κ2) is 10.6. The van der Waals surface area contributed by atoms with Crippen molar-refractivity contribution in [2.45, 2.75) is 6.10 Å². The van der Waals surface area contributed by atoms with Crippen molar-refractivity contribution in [3.05, 3.63) is 84.0 Å². The van der Waals surface area contributed by atoms with Crippen molar-refractivity contribution in [2.75, 3.05) is 13.2 Å². The highest BCUT2D eigenvalue weighted by atomic mass is 16.5. The van der Waals surface area contributed by atoms with Crippen molar-refractivity contribution < 1.29 is 34.1 Å². The van der Waals surface area contributed by atoms with E-state index in [4.69, 9.17) is 19.7 Å². The number of ketones is 1. The minimum absolute atomic E-state index is 0.0927. The smallest absolute Gasteiger partial charge is 0.336 e. The van der Waals surface area contributed by atoms with Gasteiger partial charge in [-0.15, -0.1) is 6.58 Å². The fourth-order valence-electron chi connectivity index (χ4n) is 2.31. The first-order valence-electron chi connectivity index (χ1n) is 8.64. The lowest BCUT2D eigenvalue weighted by atomic mass is 10.1. The van der Waals surface area contributed by atoms with Gasteiger partial charge in [0.05, 0.1) is 12.2 Å². The number of benzene rings is 2. The molecule has 0 aliphatic carbocycles. The van der Waals surface area contributed by atoms with E-state index in [9.17, 15) is 14.4 Å². The van der Waals surface area contributed by atoms with Crippen LogP contribution >= 0.6 is 0 Å². The van der Waals surface area contributed by atoms with E-state index in [0.29, 0.717) is 16.9 Å². The van der Waals surface area contributed by atoms with Crippen molar-refractivity contribution in [2.24, 2.45) is 0 Å². The van der Waals surface area contributed by atoms with E-state index in [0.717, 1.165) is 0 Å². The first kappa shape index (κ1) is 21.6. The molecule has 2 aromatic rings. The molecule has 1 atom stereocenters. The number of allylic oxidation sites excluding steroid dienone is 1. The number of carboxylic acids is 2. The average Bonchev–Trinajstić information content (AvgIpc) is 2.72. The summed E-state index contributed by atoms with van der Waals surface area (Å²) < 4.78 is 10.5. The van der Waals surface area contributed by atoms with E-state index < -0.39 is 18.0 Å². The quantitative estimate of drug-likeness (QED) is 0.341. The van der Waals surface area contributed by atoms with Gasteiger partial charge in [0, 0.05) is 5.56 Å². The van der Waals surface area contributed by atoms with Crippen LogP contribution < -0.4 is 4.74 Å².